The Bertz CT molecular complexity index is 1160. The van der Waals surface area contributed by atoms with Gasteiger partial charge in [-0.25, -0.2) is 9.36 Å². The number of aromatic nitrogens is 2. The van der Waals surface area contributed by atoms with E-state index in [1.807, 2.05) is 30.3 Å². The molecule has 0 fully saturated rings. The van der Waals surface area contributed by atoms with E-state index >= 15 is 0 Å². The van der Waals surface area contributed by atoms with Gasteiger partial charge in [0.1, 0.15) is 0 Å². The lowest BCUT2D eigenvalue weighted by atomic mass is 10.1. The number of hydrogen-bond acceptors (Lipinski definition) is 2. The number of rotatable bonds is 4. The SMILES string of the molecule is O=c1c(Cc2ccccc2)c(O)n(-c2ccc(Cl)cc2)n1-c1ccc(Cl)cc1. The van der Waals surface area contributed by atoms with Crippen molar-refractivity contribution >= 4 is 23.2 Å². The minimum absolute atomic E-state index is 0.105. The Hall–Kier alpha value is -2.95. The van der Waals surface area contributed by atoms with Crippen molar-refractivity contribution in [2.45, 2.75) is 6.42 Å². The molecule has 0 radical (unpaired) electrons. The van der Waals surface area contributed by atoms with Gasteiger partial charge < -0.3 is 5.11 Å². The predicted octanol–water partition coefficient (Wildman–Crippen LogP) is 5.23. The van der Waals surface area contributed by atoms with Gasteiger partial charge in [0.15, 0.2) is 0 Å². The third kappa shape index (κ3) is 3.44. The molecule has 0 bridgehead atoms. The predicted molar refractivity (Wildman–Crippen MR) is 112 cm³/mol. The van der Waals surface area contributed by atoms with Crippen molar-refractivity contribution in [2.75, 3.05) is 0 Å². The average molecular weight is 411 g/mol. The highest BCUT2D eigenvalue weighted by molar-refractivity contribution is 6.30. The van der Waals surface area contributed by atoms with Crippen LogP contribution in [0.1, 0.15) is 11.1 Å². The van der Waals surface area contributed by atoms with Crippen molar-refractivity contribution < 1.29 is 5.11 Å². The molecular formula is C22H16Cl2N2O2. The first-order chi connectivity index (χ1) is 13.5. The molecule has 0 aliphatic carbocycles. The van der Waals surface area contributed by atoms with Crippen molar-refractivity contribution in [3.8, 4) is 17.3 Å². The fraction of sp³-hybridized carbons (Fsp3) is 0.0455. The van der Waals surface area contributed by atoms with Gasteiger partial charge >= 0.3 is 0 Å². The number of halogens is 2. The molecule has 0 aliphatic heterocycles. The Morgan fingerprint density at radius 3 is 1.75 bits per heavy atom. The van der Waals surface area contributed by atoms with Crippen LogP contribution in [0.25, 0.3) is 11.4 Å². The molecule has 28 heavy (non-hydrogen) atoms. The zero-order valence-electron chi connectivity index (χ0n) is 14.7. The molecule has 4 rings (SSSR count). The molecule has 1 heterocycles. The number of nitrogens with zero attached hydrogens (tertiary/aromatic N) is 2. The monoisotopic (exact) mass is 410 g/mol. The van der Waals surface area contributed by atoms with Crippen LogP contribution in [0.2, 0.25) is 10.0 Å². The van der Waals surface area contributed by atoms with Gasteiger partial charge in [-0.1, -0.05) is 53.5 Å². The van der Waals surface area contributed by atoms with Gasteiger partial charge in [-0.05, 0) is 54.1 Å². The summed E-state index contributed by atoms with van der Waals surface area (Å²) < 4.78 is 2.92. The molecule has 1 N–H and O–H groups in total. The van der Waals surface area contributed by atoms with Gasteiger partial charge in [-0.15, -0.1) is 0 Å². The second-order valence-corrected chi connectivity index (χ2v) is 7.22. The summed E-state index contributed by atoms with van der Waals surface area (Å²) in [5, 5.41) is 12.1. The van der Waals surface area contributed by atoms with Crippen molar-refractivity contribution in [3.63, 3.8) is 0 Å². The normalized spacial score (nSPS) is 10.9. The lowest BCUT2D eigenvalue weighted by Gasteiger charge is -2.12. The first-order valence-electron chi connectivity index (χ1n) is 8.66. The molecule has 3 aromatic carbocycles. The second-order valence-electron chi connectivity index (χ2n) is 6.35. The maximum absolute atomic E-state index is 13.3. The molecular weight excluding hydrogens is 395 g/mol. The molecule has 4 aromatic rings. The Morgan fingerprint density at radius 2 is 1.21 bits per heavy atom. The van der Waals surface area contributed by atoms with Crippen molar-refractivity contribution in [1.29, 1.82) is 0 Å². The van der Waals surface area contributed by atoms with Crippen LogP contribution in [0.4, 0.5) is 0 Å². The van der Waals surface area contributed by atoms with E-state index in [1.54, 1.807) is 48.5 Å². The molecule has 4 nitrogen and oxygen atoms in total. The number of aromatic hydroxyl groups is 1. The largest absolute Gasteiger partial charge is 0.493 e. The van der Waals surface area contributed by atoms with E-state index in [2.05, 4.69) is 0 Å². The zero-order valence-corrected chi connectivity index (χ0v) is 16.2. The van der Waals surface area contributed by atoms with Crippen LogP contribution in [0.15, 0.2) is 83.7 Å². The summed E-state index contributed by atoms with van der Waals surface area (Å²) >= 11 is 12.0. The molecule has 0 unspecified atom stereocenters. The van der Waals surface area contributed by atoms with E-state index in [9.17, 15) is 9.90 Å². The highest BCUT2D eigenvalue weighted by Crippen LogP contribution is 2.26. The summed E-state index contributed by atoms with van der Waals surface area (Å²) in [6, 6.07) is 23.4. The maximum atomic E-state index is 13.3. The van der Waals surface area contributed by atoms with E-state index in [0.717, 1.165) is 5.56 Å². The first-order valence-corrected chi connectivity index (χ1v) is 9.42. The minimum Gasteiger partial charge on any atom is -0.493 e. The van der Waals surface area contributed by atoms with Crippen LogP contribution in [-0.4, -0.2) is 14.5 Å². The van der Waals surface area contributed by atoms with Crippen molar-refractivity contribution in [1.82, 2.24) is 9.36 Å². The lowest BCUT2D eigenvalue weighted by Crippen LogP contribution is -2.21. The Morgan fingerprint density at radius 1 is 0.714 bits per heavy atom. The Labute approximate surface area is 171 Å². The quantitative estimate of drug-likeness (QED) is 0.500. The third-order valence-corrected chi connectivity index (χ3v) is 4.99. The van der Waals surface area contributed by atoms with E-state index < -0.39 is 0 Å². The van der Waals surface area contributed by atoms with Gasteiger partial charge in [0.25, 0.3) is 5.56 Å². The van der Waals surface area contributed by atoms with E-state index in [4.69, 9.17) is 23.2 Å². The molecule has 0 atom stereocenters. The van der Waals surface area contributed by atoms with Crippen LogP contribution in [0, 0.1) is 0 Å². The van der Waals surface area contributed by atoms with Crippen LogP contribution in [0.5, 0.6) is 5.88 Å². The first kappa shape index (κ1) is 18.4. The molecule has 0 aliphatic rings. The molecule has 140 valence electrons. The highest BCUT2D eigenvalue weighted by atomic mass is 35.5. The fourth-order valence-corrected chi connectivity index (χ4v) is 3.38. The summed E-state index contributed by atoms with van der Waals surface area (Å²) in [4.78, 5) is 13.3. The van der Waals surface area contributed by atoms with E-state index in [0.29, 0.717) is 33.4 Å². The van der Waals surface area contributed by atoms with Crippen LogP contribution >= 0.6 is 23.2 Å². The summed E-state index contributed by atoms with van der Waals surface area (Å²) in [6.07, 6.45) is 0.319. The summed E-state index contributed by atoms with van der Waals surface area (Å²) in [6.45, 7) is 0. The van der Waals surface area contributed by atoms with Gasteiger partial charge in [0, 0.05) is 16.5 Å². The van der Waals surface area contributed by atoms with Gasteiger partial charge in [-0.2, -0.15) is 0 Å². The topological polar surface area (TPSA) is 47.2 Å². The van der Waals surface area contributed by atoms with Gasteiger partial charge in [-0.3, -0.25) is 4.79 Å². The lowest BCUT2D eigenvalue weighted by molar-refractivity contribution is 0.421. The number of benzene rings is 3. The van der Waals surface area contributed by atoms with Crippen LogP contribution < -0.4 is 5.56 Å². The molecule has 6 heteroatoms. The van der Waals surface area contributed by atoms with Crippen molar-refractivity contribution in [3.05, 3.63) is 110 Å². The maximum Gasteiger partial charge on any atom is 0.279 e. The van der Waals surface area contributed by atoms with Gasteiger partial charge in [0.05, 0.1) is 16.9 Å². The Balaban J connectivity index is 1.94. The standard InChI is InChI=1S/C22H16Cl2N2O2/c23-16-6-10-18(11-7-16)25-21(27)20(14-15-4-2-1-3-5-15)22(28)26(25)19-12-8-17(24)9-13-19/h1-13,27H,14H2. The molecule has 0 spiro atoms. The van der Waals surface area contributed by atoms with Crippen LogP contribution in [0.3, 0.4) is 0 Å². The molecule has 1 aromatic heterocycles. The molecule has 0 saturated carbocycles. The Kier molecular flexibility index (Phi) is 4.99. The zero-order chi connectivity index (χ0) is 19.7. The number of hydrogen-bond donors (Lipinski definition) is 1. The fourth-order valence-electron chi connectivity index (χ4n) is 3.13. The third-order valence-electron chi connectivity index (χ3n) is 4.49. The molecule has 0 saturated heterocycles. The second kappa shape index (κ2) is 7.58. The average Bonchev–Trinajstić information content (AvgIpc) is 2.95. The summed E-state index contributed by atoms with van der Waals surface area (Å²) in [7, 11) is 0. The summed E-state index contributed by atoms with van der Waals surface area (Å²) in [5.41, 5.74) is 2.17. The molecule has 0 amide bonds. The van der Waals surface area contributed by atoms with E-state index in [1.165, 1.54) is 9.36 Å². The van der Waals surface area contributed by atoms with Gasteiger partial charge in [0.2, 0.25) is 5.88 Å². The van der Waals surface area contributed by atoms with Crippen molar-refractivity contribution in [2.24, 2.45) is 0 Å². The van der Waals surface area contributed by atoms with E-state index in [-0.39, 0.29) is 11.4 Å². The smallest absolute Gasteiger partial charge is 0.279 e. The van der Waals surface area contributed by atoms with Crippen LogP contribution in [-0.2, 0) is 6.42 Å². The summed E-state index contributed by atoms with van der Waals surface area (Å²) in [5.74, 6) is -0.105. The minimum atomic E-state index is -0.293. The highest BCUT2D eigenvalue weighted by Gasteiger charge is 2.22.